The first kappa shape index (κ1) is 10.0. The standard InChI is InChI=1S/C11H18O4/c1-6-13-8-9(14-6)11(3)5-7(12)4-10(8,2)15-11/h6-9,12H,4-5H2,1-3H3/t6?,7?,8-,9+,10+,11-. The molecule has 0 aromatic heterocycles. The van der Waals surface area contributed by atoms with Gasteiger partial charge in [0.05, 0.1) is 17.3 Å². The van der Waals surface area contributed by atoms with E-state index in [1.807, 2.05) is 20.8 Å². The molecule has 15 heavy (non-hydrogen) atoms. The first-order valence-corrected chi connectivity index (χ1v) is 5.62. The molecular formula is C11H18O4. The lowest BCUT2D eigenvalue weighted by atomic mass is 9.92. The van der Waals surface area contributed by atoms with Crippen LogP contribution in [-0.4, -0.2) is 40.9 Å². The summed E-state index contributed by atoms with van der Waals surface area (Å²) in [7, 11) is 0. The third-order valence-electron chi connectivity index (χ3n) is 3.90. The summed E-state index contributed by atoms with van der Waals surface area (Å²) in [6.45, 7) is 5.94. The molecular weight excluding hydrogens is 196 g/mol. The maximum absolute atomic E-state index is 9.85. The molecule has 2 bridgehead atoms. The summed E-state index contributed by atoms with van der Waals surface area (Å²) in [6, 6.07) is 0. The van der Waals surface area contributed by atoms with Crippen LogP contribution in [0.25, 0.3) is 0 Å². The van der Waals surface area contributed by atoms with E-state index in [0.717, 1.165) is 0 Å². The molecule has 0 radical (unpaired) electrons. The van der Waals surface area contributed by atoms with Crippen molar-refractivity contribution in [2.75, 3.05) is 0 Å². The Morgan fingerprint density at radius 3 is 2.00 bits per heavy atom. The number of aliphatic hydroxyl groups excluding tert-OH is 1. The van der Waals surface area contributed by atoms with Crippen LogP contribution in [0.15, 0.2) is 0 Å². The van der Waals surface area contributed by atoms with Crippen molar-refractivity contribution in [1.29, 1.82) is 0 Å². The average Bonchev–Trinajstić information content (AvgIpc) is 2.50. The molecule has 0 amide bonds. The Morgan fingerprint density at radius 2 is 1.53 bits per heavy atom. The number of hydrogen-bond donors (Lipinski definition) is 1. The highest BCUT2D eigenvalue weighted by Crippen LogP contribution is 2.53. The van der Waals surface area contributed by atoms with Crippen molar-refractivity contribution < 1.29 is 19.3 Å². The molecule has 3 heterocycles. The average molecular weight is 214 g/mol. The minimum Gasteiger partial charge on any atom is -0.393 e. The number of hydrogen-bond acceptors (Lipinski definition) is 4. The molecule has 2 unspecified atom stereocenters. The van der Waals surface area contributed by atoms with Crippen LogP contribution in [0, 0.1) is 0 Å². The summed E-state index contributed by atoms with van der Waals surface area (Å²) in [6.07, 6.45) is 0.753. The Morgan fingerprint density at radius 1 is 1.07 bits per heavy atom. The summed E-state index contributed by atoms with van der Waals surface area (Å²) in [5, 5.41) is 9.85. The lowest BCUT2D eigenvalue weighted by molar-refractivity contribution is -0.222. The van der Waals surface area contributed by atoms with E-state index in [1.54, 1.807) is 0 Å². The second-order valence-electron chi connectivity index (χ2n) is 5.47. The molecule has 3 aliphatic heterocycles. The van der Waals surface area contributed by atoms with Gasteiger partial charge in [-0.1, -0.05) is 0 Å². The molecule has 0 aliphatic carbocycles. The molecule has 6 atom stereocenters. The van der Waals surface area contributed by atoms with Crippen LogP contribution in [-0.2, 0) is 14.2 Å². The van der Waals surface area contributed by atoms with Gasteiger partial charge in [0.2, 0.25) is 0 Å². The zero-order valence-electron chi connectivity index (χ0n) is 9.40. The van der Waals surface area contributed by atoms with Gasteiger partial charge in [-0.05, 0) is 20.8 Å². The number of aliphatic hydroxyl groups is 1. The summed E-state index contributed by atoms with van der Waals surface area (Å²) >= 11 is 0. The van der Waals surface area contributed by atoms with E-state index in [4.69, 9.17) is 14.2 Å². The highest BCUT2D eigenvalue weighted by Gasteiger charge is 2.66. The minimum absolute atomic E-state index is 0.0327. The predicted octanol–water partition coefficient (Wildman–Crippen LogP) is 0.819. The van der Waals surface area contributed by atoms with Gasteiger partial charge in [0.25, 0.3) is 0 Å². The molecule has 0 saturated carbocycles. The fraction of sp³-hybridized carbons (Fsp3) is 1.00. The second kappa shape index (κ2) is 2.74. The van der Waals surface area contributed by atoms with Crippen LogP contribution in [0.1, 0.15) is 33.6 Å². The van der Waals surface area contributed by atoms with E-state index in [-0.39, 0.29) is 35.8 Å². The summed E-state index contributed by atoms with van der Waals surface area (Å²) in [5.41, 5.74) is -0.774. The van der Waals surface area contributed by atoms with Crippen LogP contribution >= 0.6 is 0 Å². The molecule has 3 rings (SSSR count). The van der Waals surface area contributed by atoms with Crippen LogP contribution < -0.4 is 0 Å². The molecule has 4 nitrogen and oxygen atoms in total. The maximum atomic E-state index is 9.85. The van der Waals surface area contributed by atoms with Crippen LogP contribution in [0.4, 0.5) is 0 Å². The van der Waals surface area contributed by atoms with Crippen molar-refractivity contribution in [3.63, 3.8) is 0 Å². The summed E-state index contributed by atoms with van der Waals surface area (Å²) < 4.78 is 17.6. The van der Waals surface area contributed by atoms with Crippen molar-refractivity contribution in [2.45, 2.75) is 69.4 Å². The highest BCUT2D eigenvalue weighted by molar-refractivity contribution is 5.14. The van der Waals surface area contributed by atoms with Gasteiger partial charge in [0.1, 0.15) is 12.2 Å². The molecule has 0 spiro atoms. The number of ether oxygens (including phenoxy) is 3. The highest BCUT2D eigenvalue weighted by atomic mass is 16.8. The normalized spacial score (nSPS) is 63.2. The molecule has 4 heteroatoms. The van der Waals surface area contributed by atoms with Gasteiger partial charge in [-0.3, -0.25) is 0 Å². The van der Waals surface area contributed by atoms with E-state index < -0.39 is 0 Å². The zero-order valence-corrected chi connectivity index (χ0v) is 9.40. The molecule has 3 fully saturated rings. The fourth-order valence-corrected chi connectivity index (χ4v) is 3.49. The topological polar surface area (TPSA) is 47.9 Å². The Kier molecular flexibility index (Phi) is 1.83. The van der Waals surface area contributed by atoms with Crippen LogP contribution in [0.5, 0.6) is 0 Å². The Balaban J connectivity index is 1.98. The SMILES string of the molecule is CC1O[C@@H]2[C@H](O1)[C@@]1(C)CC(O)C[C@]2(C)O1. The van der Waals surface area contributed by atoms with Gasteiger partial charge in [-0.2, -0.15) is 0 Å². The largest absolute Gasteiger partial charge is 0.393 e. The zero-order chi connectivity index (χ0) is 10.8. The van der Waals surface area contributed by atoms with E-state index in [1.165, 1.54) is 0 Å². The van der Waals surface area contributed by atoms with Crippen molar-refractivity contribution >= 4 is 0 Å². The molecule has 0 aromatic rings. The maximum Gasteiger partial charge on any atom is 0.156 e. The van der Waals surface area contributed by atoms with Gasteiger partial charge in [0.15, 0.2) is 6.29 Å². The van der Waals surface area contributed by atoms with Gasteiger partial charge >= 0.3 is 0 Å². The van der Waals surface area contributed by atoms with Gasteiger partial charge in [0, 0.05) is 12.8 Å². The number of rotatable bonds is 0. The van der Waals surface area contributed by atoms with Crippen molar-refractivity contribution in [2.24, 2.45) is 0 Å². The van der Waals surface area contributed by atoms with Gasteiger partial charge < -0.3 is 19.3 Å². The Bertz CT molecular complexity index is 268. The fourth-order valence-electron chi connectivity index (χ4n) is 3.49. The van der Waals surface area contributed by atoms with E-state index in [0.29, 0.717) is 12.8 Å². The quantitative estimate of drug-likeness (QED) is 0.648. The van der Waals surface area contributed by atoms with E-state index in [9.17, 15) is 5.11 Å². The second-order valence-corrected chi connectivity index (χ2v) is 5.47. The van der Waals surface area contributed by atoms with E-state index in [2.05, 4.69) is 0 Å². The van der Waals surface area contributed by atoms with Gasteiger partial charge in [-0.15, -0.1) is 0 Å². The molecule has 3 saturated heterocycles. The third kappa shape index (κ3) is 1.22. The first-order valence-electron chi connectivity index (χ1n) is 5.62. The first-order chi connectivity index (χ1) is 6.93. The van der Waals surface area contributed by atoms with Crippen molar-refractivity contribution in [3.05, 3.63) is 0 Å². The molecule has 1 N–H and O–H groups in total. The predicted molar refractivity (Wildman–Crippen MR) is 52.3 cm³/mol. The van der Waals surface area contributed by atoms with Crippen LogP contribution in [0.2, 0.25) is 0 Å². The minimum atomic E-state index is -0.387. The monoisotopic (exact) mass is 214 g/mol. The van der Waals surface area contributed by atoms with Crippen LogP contribution in [0.3, 0.4) is 0 Å². The van der Waals surface area contributed by atoms with Gasteiger partial charge in [-0.25, -0.2) is 0 Å². The third-order valence-corrected chi connectivity index (χ3v) is 3.90. The number of fused-ring (bicyclic) bond motifs is 5. The molecule has 0 aromatic carbocycles. The summed E-state index contributed by atoms with van der Waals surface area (Å²) in [5.74, 6) is 0. The van der Waals surface area contributed by atoms with E-state index >= 15 is 0 Å². The smallest absolute Gasteiger partial charge is 0.156 e. The van der Waals surface area contributed by atoms with Crippen molar-refractivity contribution in [3.8, 4) is 0 Å². The van der Waals surface area contributed by atoms with Crippen molar-refractivity contribution in [1.82, 2.24) is 0 Å². The lowest BCUT2D eigenvalue weighted by Crippen LogP contribution is -2.47. The molecule has 86 valence electrons. The Hall–Kier alpha value is -0.160. The lowest BCUT2D eigenvalue weighted by Gasteiger charge is -2.40. The Labute approximate surface area is 89.5 Å². The summed E-state index contributed by atoms with van der Waals surface area (Å²) in [4.78, 5) is 0. The molecule has 3 aliphatic rings.